The van der Waals surface area contributed by atoms with E-state index in [1.807, 2.05) is 66.7 Å². The molecule has 116 valence electrons. The molecule has 0 aliphatic rings. The van der Waals surface area contributed by atoms with Gasteiger partial charge < -0.3 is 9.84 Å². The van der Waals surface area contributed by atoms with E-state index in [4.69, 9.17) is 4.74 Å². The number of fused-ring (bicyclic) bond motifs is 1. The fourth-order valence-corrected chi connectivity index (χ4v) is 2.72. The molecule has 0 amide bonds. The Morgan fingerprint density at radius 2 is 1.61 bits per heavy atom. The molecule has 3 aromatic carbocycles. The molecule has 3 nitrogen and oxygen atoms in total. The Bertz CT molecular complexity index is 825. The van der Waals surface area contributed by atoms with Crippen LogP contribution < -0.4 is 4.74 Å². The number of aryl methyl sites for hydroxylation is 1. The van der Waals surface area contributed by atoms with Crippen LogP contribution in [0, 0.1) is 6.92 Å². The number of hydrogen-bond donors (Lipinski definition) is 1. The van der Waals surface area contributed by atoms with Gasteiger partial charge in [-0.1, -0.05) is 60.7 Å². The summed E-state index contributed by atoms with van der Waals surface area (Å²) >= 11 is 0. The van der Waals surface area contributed by atoms with Gasteiger partial charge in [0, 0.05) is 5.39 Å². The van der Waals surface area contributed by atoms with E-state index in [2.05, 4.69) is 6.92 Å². The molecule has 0 radical (unpaired) electrons. The van der Waals surface area contributed by atoms with Crippen molar-refractivity contribution >= 4 is 16.7 Å². The maximum Gasteiger partial charge on any atom is 0.314 e. The van der Waals surface area contributed by atoms with Crippen LogP contribution in [0.5, 0.6) is 5.75 Å². The van der Waals surface area contributed by atoms with Crippen molar-refractivity contribution in [3.05, 3.63) is 77.9 Å². The summed E-state index contributed by atoms with van der Waals surface area (Å²) in [6, 6.07) is 21.1. The maximum absolute atomic E-state index is 11.6. The highest BCUT2D eigenvalue weighted by molar-refractivity contribution is 5.90. The lowest BCUT2D eigenvalue weighted by Crippen LogP contribution is -2.19. The Kier molecular flexibility index (Phi) is 4.29. The van der Waals surface area contributed by atoms with Crippen molar-refractivity contribution in [2.45, 2.75) is 12.8 Å². The molecule has 1 atom stereocenters. The molecule has 1 unspecified atom stereocenters. The van der Waals surface area contributed by atoms with Gasteiger partial charge in [0.05, 0.1) is 0 Å². The summed E-state index contributed by atoms with van der Waals surface area (Å²) in [5, 5.41) is 11.6. The van der Waals surface area contributed by atoms with Crippen molar-refractivity contribution in [2.24, 2.45) is 0 Å². The molecule has 0 heterocycles. The van der Waals surface area contributed by atoms with Gasteiger partial charge in [0.15, 0.2) is 0 Å². The van der Waals surface area contributed by atoms with Gasteiger partial charge >= 0.3 is 5.97 Å². The van der Waals surface area contributed by atoms with Gasteiger partial charge in [-0.3, -0.25) is 4.79 Å². The fraction of sp³-hybridized carbons (Fsp3) is 0.150. The molecule has 3 aromatic rings. The van der Waals surface area contributed by atoms with E-state index in [9.17, 15) is 9.90 Å². The van der Waals surface area contributed by atoms with Gasteiger partial charge in [-0.25, -0.2) is 0 Å². The Morgan fingerprint density at radius 3 is 2.30 bits per heavy atom. The van der Waals surface area contributed by atoms with Crippen LogP contribution in [0.4, 0.5) is 0 Å². The molecule has 0 saturated heterocycles. The number of aliphatic carboxylic acids is 1. The number of carbonyl (C=O) groups is 1. The first-order chi connectivity index (χ1) is 11.2. The number of carboxylic acid groups (broad SMARTS) is 1. The largest absolute Gasteiger partial charge is 0.492 e. The zero-order valence-electron chi connectivity index (χ0n) is 12.9. The Hall–Kier alpha value is -2.81. The van der Waals surface area contributed by atoms with Crippen LogP contribution in [0.25, 0.3) is 10.8 Å². The van der Waals surface area contributed by atoms with E-state index in [1.165, 1.54) is 5.56 Å². The number of rotatable bonds is 5. The second-order valence-corrected chi connectivity index (χ2v) is 5.54. The number of benzene rings is 3. The zero-order valence-corrected chi connectivity index (χ0v) is 12.9. The van der Waals surface area contributed by atoms with E-state index in [0.29, 0.717) is 5.75 Å². The maximum atomic E-state index is 11.6. The molecular formula is C20H18O3. The van der Waals surface area contributed by atoms with Crippen LogP contribution >= 0.6 is 0 Å². The van der Waals surface area contributed by atoms with Crippen molar-refractivity contribution in [1.29, 1.82) is 0 Å². The summed E-state index contributed by atoms with van der Waals surface area (Å²) in [4.78, 5) is 11.6. The molecule has 0 spiro atoms. The van der Waals surface area contributed by atoms with E-state index in [-0.39, 0.29) is 6.61 Å². The van der Waals surface area contributed by atoms with E-state index >= 15 is 0 Å². The van der Waals surface area contributed by atoms with E-state index < -0.39 is 11.9 Å². The van der Waals surface area contributed by atoms with Crippen LogP contribution in [-0.4, -0.2) is 17.7 Å². The van der Waals surface area contributed by atoms with Crippen LogP contribution in [0.1, 0.15) is 17.0 Å². The zero-order chi connectivity index (χ0) is 16.2. The van der Waals surface area contributed by atoms with Gasteiger partial charge in [0.25, 0.3) is 0 Å². The van der Waals surface area contributed by atoms with E-state index in [1.54, 1.807) is 0 Å². The lowest BCUT2D eigenvalue weighted by Gasteiger charge is -2.16. The standard InChI is InChI=1S/C20H18O3/c1-14-11-12-19(17-10-6-5-9-16(14)17)23-13-18(20(21)22)15-7-3-2-4-8-15/h2-12,18H,13H2,1H3,(H,21,22). The predicted molar refractivity (Wildman–Crippen MR) is 91.0 cm³/mol. The van der Waals surface area contributed by atoms with Gasteiger partial charge in [-0.15, -0.1) is 0 Å². The van der Waals surface area contributed by atoms with Crippen LogP contribution in [0.15, 0.2) is 66.7 Å². The Balaban J connectivity index is 1.88. The second-order valence-electron chi connectivity index (χ2n) is 5.54. The summed E-state index contributed by atoms with van der Waals surface area (Å²) in [5.41, 5.74) is 1.92. The quantitative estimate of drug-likeness (QED) is 0.760. The predicted octanol–water partition coefficient (Wildman–Crippen LogP) is 4.40. The highest BCUT2D eigenvalue weighted by Gasteiger charge is 2.21. The SMILES string of the molecule is Cc1ccc(OCC(C(=O)O)c2ccccc2)c2ccccc12. The third-order valence-corrected chi connectivity index (χ3v) is 4.01. The minimum absolute atomic E-state index is 0.104. The second kappa shape index (κ2) is 6.53. The van der Waals surface area contributed by atoms with Gasteiger partial charge in [0.1, 0.15) is 18.3 Å². The molecule has 3 rings (SSSR count). The fourth-order valence-electron chi connectivity index (χ4n) is 2.72. The average Bonchev–Trinajstić information content (AvgIpc) is 2.58. The molecule has 0 aliphatic carbocycles. The summed E-state index contributed by atoms with van der Waals surface area (Å²) in [5.74, 6) is -0.850. The lowest BCUT2D eigenvalue weighted by atomic mass is 10.0. The molecule has 0 saturated carbocycles. The molecule has 1 N–H and O–H groups in total. The van der Waals surface area contributed by atoms with Crippen LogP contribution in [0.3, 0.4) is 0 Å². The molecule has 23 heavy (non-hydrogen) atoms. The normalized spacial score (nSPS) is 12.0. The first-order valence-corrected chi connectivity index (χ1v) is 7.55. The topological polar surface area (TPSA) is 46.5 Å². The molecule has 0 bridgehead atoms. The first-order valence-electron chi connectivity index (χ1n) is 7.55. The average molecular weight is 306 g/mol. The highest BCUT2D eigenvalue weighted by atomic mass is 16.5. The van der Waals surface area contributed by atoms with Crippen molar-refractivity contribution < 1.29 is 14.6 Å². The molecule has 0 fully saturated rings. The van der Waals surface area contributed by atoms with Crippen molar-refractivity contribution in [1.82, 2.24) is 0 Å². The van der Waals surface area contributed by atoms with Crippen LogP contribution in [0.2, 0.25) is 0 Å². The number of hydrogen-bond acceptors (Lipinski definition) is 2. The third kappa shape index (κ3) is 3.19. The van der Waals surface area contributed by atoms with Gasteiger partial charge in [-0.2, -0.15) is 0 Å². The Morgan fingerprint density at radius 1 is 0.957 bits per heavy atom. The minimum atomic E-state index is -0.882. The van der Waals surface area contributed by atoms with Crippen molar-refractivity contribution in [3.63, 3.8) is 0 Å². The number of carboxylic acids is 1. The monoisotopic (exact) mass is 306 g/mol. The van der Waals surface area contributed by atoms with E-state index in [0.717, 1.165) is 16.3 Å². The smallest absolute Gasteiger partial charge is 0.314 e. The van der Waals surface area contributed by atoms with Crippen molar-refractivity contribution in [2.75, 3.05) is 6.61 Å². The summed E-state index contributed by atoms with van der Waals surface area (Å²) in [6.45, 7) is 2.16. The van der Waals surface area contributed by atoms with Crippen molar-refractivity contribution in [3.8, 4) is 5.75 Å². The first kappa shape index (κ1) is 15.1. The molecule has 0 aromatic heterocycles. The molecular weight excluding hydrogens is 288 g/mol. The van der Waals surface area contributed by atoms with Gasteiger partial charge in [-0.05, 0) is 29.5 Å². The van der Waals surface area contributed by atoms with Gasteiger partial charge in [0.2, 0.25) is 0 Å². The van der Waals surface area contributed by atoms with Crippen LogP contribution in [-0.2, 0) is 4.79 Å². The summed E-state index contributed by atoms with van der Waals surface area (Å²) < 4.78 is 5.87. The molecule has 0 aliphatic heterocycles. The summed E-state index contributed by atoms with van der Waals surface area (Å²) in [6.07, 6.45) is 0. The third-order valence-electron chi connectivity index (χ3n) is 4.01. The number of ether oxygens (including phenoxy) is 1. The minimum Gasteiger partial charge on any atom is -0.492 e. The lowest BCUT2D eigenvalue weighted by molar-refractivity contribution is -0.139. The highest BCUT2D eigenvalue weighted by Crippen LogP contribution is 2.29. The summed E-state index contributed by atoms with van der Waals surface area (Å²) in [7, 11) is 0. The molecule has 3 heteroatoms. The Labute approximate surface area is 135 Å².